The van der Waals surface area contributed by atoms with Crippen molar-refractivity contribution in [2.45, 2.75) is 71.0 Å². The van der Waals surface area contributed by atoms with Crippen LogP contribution in [0.3, 0.4) is 0 Å². The Labute approximate surface area is 250 Å². The molecule has 3 aliphatic rings. The molecule has 1 aliphatic heterocycles. The normalized spacial score (nSPS) is 16.4. The van der Waals surface area contributed by atoms with Crippen LogP contribution in [0.5, 0.6) is 0 Å². The lowest BCUT2D eigenvalue weighted by atomic mass is 9.87. The summed E-state index contributed by atoms with van der Waals surface area (Å²) in [5, 5.41) is 6.67. The van der Waals surface area contributed by atoms with Gasteiger partial charge in [-0.15, -0.1) is 0 Å². The highest BCUT2D eigenvalue weighted by atomic mass is 19.4. The molecule has 220 valence electrons. The number of aromatic nitrogens is 2. The van der Waals surface area contributed by atoms with Gasteiger partial charge in [-0.2, -0.15) is 13.2 Å². The highest BCUT2D eigenvalue weighted by Crippen LogP contribution is 2.39. The van der Waals surface area contributed by atoms with E-state index in [0.29, 0.717) is 28.9 Å². The molecule has 0 radical (unpaired) electrons. The molecule has 2 fully saturated rings. The van der Waals surface area contributed by atoms with Crippen LogP contribution in [-0.4, -0.2) is 16.0 Å². The van der Waals surface area contributed by atoms with Crippen molar-refractivity contribution in [2.24, 2.45) is 0 Å². The molecule has 0 saturated heterocycles. The number of aryl methyl sites for hydroxylation is 1. The third kappa shape index (κ3) is 7.11. The van der Waals surface area contributed by atoms with Crippen molar-refractivity contribution in [1.29, 1.82) is 0 Å². The minimum atomic E-state index is -4.48. The Hall–Kier alpha value is -4.51. The highest BCUT2D eigenvalue weighted by Gasteiger charge is 2.32. The van der Waals surface area contributed by atoms with E-state index in [4.69, 9.17) is 0 Å². The molecule has 5 nitrogen and oxygen atoms in total. The summed E-state index contributed by atoms with van der Waals surface area (Å²) in [6, 6.07) is 10.7. The van der Waals surface area contributed by atoms with Crippen molar-refractivity contribution in [3.63, 3.8) is 0 Å². The maximum atomic E-state index is 14.1. The predicted octanol–water partition coefficient (Wildman–Crippen LogP) is 8.80. The van der Waals surface area contributed by atoms with Crippen molar-refractivity contribution in [1.82, 2.24) is 9.97 Å². The molecule has 43 heavy (non-hydrogen) atoms. The zero-order valence-electron chi connectivity index (χ0n) is 24.4. The van der Waals surface area contributed by atoms with Gasteiger partial charge in [0.25, 0.3) is 0 Å². The molecule has 1 aromatic heterocycles. The summed E-state index contributed by atoms with van der Waals surface area (Å²) in [6.45, 7) is 4.00. The van der Waals surface area contributed by atoms with Gasteiger partial charge >= 0.3 is 6.18 Å². The maximum Gasteiger partial charge on any atom is 0.416 e. The van der Waals surface area contributed by atoms with E-state index < -0.39 is 11.7 Å². The van der Waals surface area contributed by atoms with Gasteiger partial charge in [-0.1, -0.05) is 35.6 Å². The quantitative estimate of drug-likeness (QED) is 0.285. The average molecular weight is 582 g/mol. The number of rotatable bonds is 6. The third-order valence-electron chi connectivity index (χ3n) is 7.88. The average Bonchev–Trinajstić information content (AvgIpc) is 3.79. The van der Waals surface area contributed by atoms with Gasteiger partial charge in [-0.3, -0.25) is 0 Å². The molecular formula is C35H34F3N5. The smallest absolute Gasteiger partial charge is 0.355 e. The first kappa shape index (κ1) is 28.6. The zero-order valence-corrected chi connectivity index (χ0v) is 24.4. The first-order valence-corrected chi connectivity index (χ1v) is 14.8. The minimum absolute atomic E-state index is 0.396. The standard InChI is InChI=1S/C35H34F3N5/c1-23-6-3-4-15-43(22-23)32-18-29(35(36,37)38)17-31(19-32)41-33(26-7-5-8-26)28-11-9-24(2)27(16-28)12-10-25-20-39-34(40-21-25)42-30-13-14-30/h4,9,11,15-22,30,41H,3,5-8,13-14H2,1-2H3,(H,39,40,42). The maximum absolute atomic E-state index is 14.1. The van der Waals surface area contributed by atoms with E-state index in [1.54, 1.807) is 23.4 Å². The van der Waals surface area contributed by atoms with E-state index in [9.17, 15) is 13.2 Å². The molecule has 0 spiro atoms. The zero-order chi connectivity index (χ0) is 30.0. The number of allylic oxidation sites excluding steroid dienone is 3. The number of benzene rings is 2. The topological polar surface area (TPSA) is 53.1 Å². The number of hydrogen-bond donors (Lipinski definition) is 2. The van der Waals surface area contributed by atoms with Gasteiger partial charge in [-0.05, 0) is 99.8 Å². The Morgan fingerprint density at radius 3 is 2.47 bits per heavy atom. The van der Waals surface area contributed by atoms with E-state index in [-0.39, 0.29) is 0 Å². The van der Waals surface area contributed by atoms with Gasteiger partial charge in [0.2, 0.25) is 5.95 Å². The number of halogens is 3. The van der Waals surface area contributed by atoms with Crippen molar-refractivity contribution in [3.8, 4) is 11.8 Å². The largest absolute Gasteiger partial charge is 0.416 e. The van der Waals surface area contributed by atoms with Crippen LogP contribution in [0.4, 0.5) is 30.5 Å². The van der Waals surface area contributed by atoms with E-state index in [1.807, 2.05) is 50.5 Å². The lowest BCUT2D eigenvalue weighted by Crippen LogP contribution is -2.13. The third-order valence-corrected chi connectivity index (χ3v) is 7.88. The summed E-state index contributed by atoms with van der Waals surface area (Å²) in [7, 11) is 0. The second kappa shape index (κ2) is 12.0. The molecule has 0 bridgehead atoms. The number of nitrogens with one attached hydrogen (secondary N) is 2. The van der Waals surface area contributed by atoms with Gasteiger partial charge in [0.15, 0.2) is 0 Å². The molecule has 0 atom stereocenters. The number of nitrogens with zero attached hydrogens (tertiary/aromatic N) is 3. The number of anilines is 3. The molecule has 6 rings (SSSR count). The van der Waals surface area contributed by atoms with E-state index >= 15 is 0 Å². The number of hydrogen-bond acceptors (Lipinski definition) is 5. The summed E-state index contributed by atoms with van der Waals surface area (Å²) in [5.74, 6) is 7.04. The fourth-order valence-electron chi connectivity index (χ4n) is 5.04. The Bertz CT molecular complexity index is 1660. The van der Waals surface area contributed by atoms with Gasteiger partial charge in [0.1, 0.15) is 0 Å². The van der Waals surface area contributed by atoms with Crippen LogP contribution in [0.15, 0.2) is 78.4 Å². The molecule has 0 amide bonds. The van der Waals surface area contributed by atoms with E-state index in [2.05, 4.69) is 32.4 Å². The molecule has 8 heteroatoms. The van der Waals surface area contributed by atoms with Crippen molar-refractivity contribution >= 4 is 23.0 Å². The molecule has 2 N–H and O–H groups in total. The summed E-state index contributed by atoms with van der Waals surface area (Å²) in [6.07, 6.45) is 11.6. The molecule has 2 saturated carbocycles. The first-order chi connectivity index (χ1) is 20.7. The van der Waals surface area contributed by atoms with E-state index in [0.717, 1.165) is 72.9 Å². The molecule has 2 heterocycles. The Morgan fingerprint density at radius 1 is 0.977 bits per heavy atom. The Morgan fingerprint density at radius 2 is 1.77 bits per heavy atom. The second-order valence-electron chi connectivity index (χ2n) is 11.5. The minimum Gasteiger partial charge on any atom is -0.355 e. The lowest BCUT2D eigenvalue weighted by Gasteiger charge is -2.25. The van der Waals surface area contributed by atoms with Crippen LogP contribution in [0.25, 0.3) is 5.70 Å². The Kier molecular flexibility index (Phi) is 7.98. The first-order valence-electron chi connectivity index (χ1n) is 14.8. The summed E-state index contributed by atoms with van der Waals surface area (Å²) < 4.78 is 42.2. The summed E-state index contributed by atoms with van der Waals surface area (Å²) in [4.78, 5) is 10.5. The predicted molar refractivity (Wildman–Crippen MR) is 166 cm³/mol. The fourth-order valence-corrected chi connectivity index (χ4v) is 5.04. The molecule has 2 aromatic carbocycles. The second-order valence-corrected chi connectivity index (χ2v) is 11.5. The van der Waals surface area contributed by atoms with Crippen molar-refractivity contribution in [2.75, 3.05) is 15.5 Å². The monoisotopic (exact) mass is 581 g/mol. The van der Waals surface area contributed by atoms with E-state index in [1.165, 1.54) is 17.7 Å². The van der Waals surface area contributed by atoms with Crippen molar-refractivity contribution in [3.05, 3.63) is 106 Å². The number of alkyl halides is 3. The van der Waals surface area contributed by atoms with Crippen LogP contribution in [0, 0.1) is 18.8 Å². The van der Waals surface area contributed by atoms with Crippen molar-refractivity contribution < 1.29 is 13.2 Å². The van der Waals surface area contributed by atoms with Gasteiger partial charge < -0.3 is 15.5 Å². The highest BCUT2D eigenvalue weighted by molar-refractivity contribution is 5.82. The summed E-state index contributed by atoms with van der Waals surface area (Å²) in [5.41, 5.74) is 6.79. The molecule has 3 aromatic rings. The van der Waals surface area contributed by atoms with Gasteiger partial charge in [-0.25, -0.2) is 9.97 Å². The molecule has 0 unspecified atom stereocenters. The van der Waals surface area contributed by atoms with Crippen LogP contribution < -0.4 is 15.5 Å². The SMILES string of the molecule is CC1=CN(c2cc(NC(=C3CCC3)c3ccc(C)c(C#Cc4cnc(NC5CC5)nc4)c3)cc(C(F)(F)F)c2)C=CCC1. The fraction of sp³-hybridized carbons (Fsp3) is 0.314. The molecule has 2 aliphatic carbocycles. The van der Waals surface area contributed by atoms with Crippen LogP contribution >= 0.6 is 0 Å². The van der Waals surface area contributed by atoms with Gasteiger partial charge in [0, 0.05) is 53.5 Å². The Balaban J connectivity index is 1.31. The van der Waals surface area contributed by atoms with Crippen LogP contribution in [0.1, 0.15) is 79.7 Å². The van der Waals surface area contributed by atoms with Gasteiger partial charge in [0.05, 0.1) is 11.1 Å². The van der Waals surface area contributed by atoms with Crippen LogP contribution in [0.2, 0.25) is 0 Å². The van der Waals surface area contributed by atoms with Crippen LogP contribution in [-0.2, 0) is 6.18 Å². The summed E-state index contributed by atoms with van der Waals surface area (Å²) >= 11 is 0. The molecular weight excluding hydrogens is 547 g/mol. The lowest BCUT2D eigenvalue weighted by molar-refractivity contribution is -0.137.